The molecule has 1 atom stereocenters. The number of tetrazole rings is 1. The Kier molecular flexibility index (Phi) is 4.29. The zero-order valence-electron chi connectivity index (χ0n) is 12.2. The molecule has 1 fully saturated rings. The molecule has 0 spiro atoms. The van der Waals surface area contributed by atoms with E-state index in [0.29, 0.717) is 12.4 Å². The minimum absolute atomic E-state index is 0.0128. The summed E-state index contributed by atoms with van der Waals surface area (Å²) >= 11 is 0. The molecule has 3 rings (SSSR count). The fraction of sp³-hybridized carbons (Fsp3) is 0.357. The third-order valence-electron chi connectivity index (χ3n) is 3.50. The highest BCUT2D eigenvalue weighted by Gasteiger charge is 2.33. The van der Waals surface area contributed by atoms with Gasteiger partial charge in [0, 0.05) is 12.1 Å². The van der Waals surface area contributed by atoms with Gasteiger partial charge in [-0.1, -0.05) is 30.3 Å². The number of aliphatic carboxylic acids is 1. The van der Waals surface area contributed by atoms with Gasteiger partial charge in [0.2, 0.25) is 11.7 Å². The zero-order chi connectivity index (χ0) is 16.2. The molecule has 1 aromatic heterocycles. The van der Waals surface area contributed by atoms with Crippen LogP contribution >= 0.6 is 0 Å². The number of morpholine rings is 1. The minimum Gasteiger partial charge on any atom is -0.480 e. The average Bonchev–Trinajstić information content (AvgIpc) is 3.04. The number of carbonyl (C=O) groups is 2. The van der Waals surface area contributed by atoms with Gasteiger partial charge >= 0.3 is 5.97 Å². The van der Waals surface area contributed by atoms with Crippen LogP contribution in [0.3, 0.4) is 0 Å². The van der Waals surface area contributed by atoms with E-state index in [0.717, 1.165) is 5.56 Å². The van der Waals surface area contributed by atoms with E-state index in [1.165, 1.54) is 9.70 Å². The summed E-state index contributed by atoms with van der Waals surface area (Å²) in [6, 6.07) is 8.28. The van der Waals surface area contributed by atoms with E-state index >= 15 is 0 Å². The van der Waals surface area contributed by atoms with Crippen molar-refractivity contribution in [3.63, 3.8) is 0 Å². The van der Waals surface area contributed by atoms with Crippen molar-refractivity contribution in [2.24, 2.45) is 0 Å². The van der Waals surface area contributed by atoms with Crippen LogP contribution in [0.4, 0.5) is 0 Å². The Morgan fingerprint density at radius 3 is 2.83 bits per heavy atom. The summed E-state index contributed by atoms with van der Waals surface area (Å²) < 4.78 is 5.11. The lowest BCUT2D eigenvalue weighted by atomic mass is 10.2. The second kappa shape index (κ2) is 6.53. The van der Waals surface area contributed by atoms with Crippen molar-refractivity contribution in [2.45, 2.75) is 12.6 Å². The molecular weight excluding hydrogens is 302 g/mol. The lowest BCUT2D eigenvalue weighted by Gasteiger charge is -2.32. The van der Waals surface area contributed by atoms with Crippen LogP contribution in [0.5, 0.6) is 0 Å². The third kappa shape index (κ3) is 3.34. The molecule has 2 aromatic rings. The fourth-order valence-electron chi connectivity index (χ4n) is 2.33. The first-order valence-corrected chi connectivity index (χ1v) is 7.08. The Hall–Kier alpha value is -2.81. The molecule has 1 N–H and O–H groups in total. The lowest BCUT2D eigenvalue weighted by molar-refractivity contribution is -0.158. The van der Waals surface area contributed by atoms with Crippen LogP contribution in [-0.4, -0.2) is 67.9 Å². The minimum atomic E-state index is -1.09. The summed E-state index contributed by atoms with van der Waals surface area (Å²) in [4.78, 5) is 25.9. The van der Waals surface area contributed by atoms with E-state index in [1.807, 2.05) is 30.3 Å². The Bertz CT molecular complexity index is 702. The van der Waals surface area contributed by atoms with E-state index in [2.05, 4.69) is 15.4 Å². The summed E-state index contributed by atoms with van der Waals surface area (Å²) in [7, 11) is 0. The van der Waals surface area contributed by atoms with Gasteiger partial charge in [0.15, 0.2) is 6.04 Å². The predicted molar refractivity (Wildman–Crippen MR) is 77.2 cm³/mol. The number of amides is 1. The normalized spacial score (nSPS) is 17.9. The van der Waals surface area contributed by atoms with Gasteiger partial charge in [-0.2, -0.15) is 4.80 Å². The van der Waals surface area contributed by atoms with Gasteiger partial charge in [-0.15, -0.1) is 10.2 Å². The van der Waals surface area contributed by atoms with Gasteiger partial charge in [-0.3, -0.25) is 4.79 Å². The number of carbonyl (C=O) groups excluding carboxylic acids is 1. The van der Waals surface area contributed by atoms with Crippen LogP contribution in [-0.2, 0) is 20.9 Å². The van der Waals surface area contributed by atoms with Crippen LogP contribution in [0.2, 0.25) is 0 Å². The second-order valence-corrected chi connectivity index (χ2v) is 5.03. The highest BCUT2D eigenvalue weighted by molar-refractivity contribution is 5.83. The standard InChI is InChI=1S/C14H15N5O4/c20-12(18-6-7-23-9-11(18)14(21)22)8-19-16-13(15-17-19)10-4-2-1-3-5-10/h1-5,11H,6-9H2,(H,21,22)/t11-/m0/s1. The molecule has 0 saturated carbocycles. The molecule has 1 aliphatic heterocycles. The maximum atomic E-state index is 12.3. The summed E-state index contributed by atoms with van der Waals surface area (Å²) in [5, 5.41) is 21.1. The second-order valence-electron chi connectivity index (χ2n) is 5.03. The predicted octanol–water partition coefficient (Wildman–Crippen LogP) is -0.348. The molecule has 0 unspecified atom stereocenters. The average molecular weight is 317 g/mol. The quantitative estimate of drug-likeness (QED) is 0.820. The first-order valence-electron chi connectivity index (χ1n) is 7.08. The van der Waals surface area contributed by atoms with Crippen LogP contribution in [0.1, 0.15) is 0 Å². The number of aromatic nitrogens is 4. The Morgan fingerprint density at radius 2 is 2.09 bits per heavy atom. The summed E-state index contributed by atoms with van der Waals surface area (Å²) in [5.74, 6) is -1.05. The van der Waals surface area contributed by atoms with Crippen LogP contribution in [0, 0.1) is 0 Å². The number of hydrogen-bond acceptors (Lipinski definition) is 6. The molecular formula is C14H15N5O4. The van der Waals surface area contributed by atoms with Gasteiger partial charge in [0.05, 0.1) is 13.2 Å². The monoisotopic (exact) mass is 317 g/mol. The first-order chi connectivity index (χ1) is 11.1. The Labute approximate surface area is 131 Å². The molecule has 9 heteroatoms. The zero-order valence-corrected chi connectivity index (χ0v) is 12.2. The SMILES string of the molecule is O=C(O)[C@@H]1COCCN1C(=O)Cn1nnc(-c2ccccc2)n1. The molecule has 23 heavy (non-hydrogen) atoms. The highest BCUT2D eigenvalue weighted by atomic mass is 16.5. The van der Waals surface area contributed by atoms with Crippen molar-refractivity contribution in [3.8, 4) is 11.4 Å². The van der Waals surface area contributed by atoms with Crippen molar-refractivity contribution in [2.75, 3.05) is 19.8 Å². The van der Waals surface area contributed by atoms with Crippen molar-refractivity contribution in [1.29, 1.82) is 0 Å². The third-order valence-corrected chi connectivity index (χ3v) is 3.50. The summed E-state index contributed by atoms with van der Waals surface area (Å²) in [6.45, 7) is 0.371. The number of carboxylic acids is 1. The molecule has 0 radical (unpaired) electrons. The fourth-order valence-corrected chi connectivity index (χ4v) is 2.33. The van der Waals surface area contributed by atoms with Crippen molar-refractivity contribution in [3.05, 3.63) is 30.3 Å². The number of hydrogen-bond donors (Lipinski definition) is 1. The van der Waals surface area contributed by atoms with Crippen LogP contribution < -0.4 is 0 Å². The van der Waals surface area contributed by atoms with Gasteiger partial charge in [-0.25, -0.2) is 4.79 Å². The van der Waals surface area contributed by atoms with Crippen molar-refractivity contribution < 1.29 is 19.4 Å². The van der Waals surface area contributed by atoms with Gasteiger partial charge in [0.1, 0.15) is 6.54 Å². The maximum absolute atomic E-state index is 12.3. The Balaban J connectivity index is 1.70. The summed E-state index contributed by atoms with van der Waals surface area (Å²) in [5.41, 5.74) is 0.793. The smallest absolute Gasteiger partial charge is 0.328 e. The van der Waals surface area contributed by atoms with E-state index in [-0.39, 0.29) is 25.6 Å². The van der Waals surface area contributed by atoms with E-state index in [9.17, 15) is 9.59 Å². The number of nitrogens with zero attached hydrogens (tertiary/aromatic N) is 5. The van der Waals surface area contributed by atoms with E-state index in [4.69, 9.17) is 9.84 Å². The lowest BCUT2D eigenvalue weighted by Crippen LogP contribution is -2.53. The number of ether oxygens (including phenoxy) is 1. The molecule has 0 bridgehead atoms. The van der Waals surface area contributed by atoms with Gasteiger partial charge in [0.25, 0.3) is 0 Å². The molecule has 9 nitrogen and oxygen atoms in total. The Morgan fingerprint density at radius 1 is 1.30 bits per heavy atom. The maximum Gasteiger partial charge on any atom is 0.328 e. The van der Waals surface area contributed by atoms with Crippen molar-refractivity contribution in [1.82, 2.24) is 25.1 Å². The van der Waals surface area contributed by atoms with E-state index in [1.54, 1.807) is 0 Å². The highest BCUT2D eigenvalue weighted by Crippen LogP contribution is 2.12. The molecule has 1 aliphatic rings. The van der Waals surface area contributed by atoms with Crippen LogP contribution in [0.15, 0.2) is 30.3 Å². The van der Waals surface area contributed by atoms with Crippen LogP contribution in [0.25, 0.3) is 11.4 Å². The first kappa shape index (κ1) is 15.1. The number of carboxylic acid groups (broad SMARTS) is 1. The largest absolute Gasteiger partial charge is 0.480 e. The van der Waals surface area contributed by atoms with Crippen molar-refractivity contribution >= 4 is 11.9 Å². The number of benzene rings is 1. The molecule has 1 saturated heterocycles. The molecule has 1 aromatic carbocycles. The van der Waals surface area contributed by atoms with E-state index < -0.39 is 12.0 Å². The summed E-state index contributed by atoms with van der Waals surface area (Å²) in [6.07, 6.45) is 0. The molecule has 1 amide bonds. The van der Waals surface area contributed by atoms with Gasteiger partial charge < -0.3 is 14.7 Å². The molecule has 2 heterocycles. The molecule has 120 valence electrons. The topological polar surface area (TPSA) is 110 Å². The molecule has 0 aliphatic carbocycles. The van der Waals surface area contributed by atoms with Gasteiger partial charge in [-0.05, 0) is 5.21 Å². The number of rotatable bonds is 4.